The fraction of sp³-hybridized carbons (Fsp3) is 0.545. The molecule has 248 valence electrons. The van der Waals surface area contributed by atoms with E-state index in [1.165, 1.54) is 12.7 Å². The lowest BCUT2D eigenvalue weighted by Gasteiger charge is -2.34. The third-order valence-electron chi connectivity index (χ3n) is 8.25. The zero-order valence-electron chi connectivity index (χ0n) is 23.5. The lowest BCUT2D eigenvalue weighted by atomic mass is 9.87. The largest absolute Gasteiger partial charge is 0.472 e. The highest BCUT2D eigenvalue weighted by Gasteiger charge is 2.57. The van der Waals surface area contributed by atoms with Crippen LogP contribution in [0.1, 0.15) is 30.4 Å². The van der Waals surface area contributed by atoms with Gasteiger partial charge in [0.15, 0.2) is 17.0 Å². The Balaban J connectivity index is 1.23. The number of ether oxygens (including phenoxy) is 1. The summed E-state index contributed by atoms with van der Waals surface area (Å²) in [5.41, 5.74) is 10.3. The summed E-state index contributed by atoms with van der Waals surface area (Å²) in [7, 11) is -5.01. The number of fused-ring (bicyclic) bond motifs is 5. The predicted octanol–water partition coefficient (Wildman–Crippen LogP) is -0.369. The molecule has 4 aromatic rings. The summed E-state index contributed by atoms with van der Waals surface area (Å²) in [6, 6.07) is -0.798. The molecule has 1 aliphatic carbocycles. The average Bonchev–Trinajstić information content (AvgIpc) is 3.73. The first kappa shape index (κ1) is 32.0. The Kier molecular flexibility index (Phi) is 7.84. The highest BCUT2D eigenvalue weighted by Crippen LogP contribution is 2.59. The Hall–Kier alpha value is -2.56. The molecule has 2 aliphatic heterocycles. The number of hydrogen-bond acceptors (Lipinski definition) is 18. The van der Waals surface area contributed by atoms with Crippen molar-refractivity contribution in [1.29, 1.82) is 0 Å². The van der Waals surface area contributed by atoms with E-state index in [4.69, 9.17) is 46.1 Å². The van der Waals surface area contributed by atoms with E-state index < -0.39 is 81.4 Å². The Bertz CT molecular complexity index is 2000. The van der Waals surface area contributed by atoms with Gasteiger partial charge in [-0.2, -0.15) is 4.37 Å². The summed E-state index contributed by atoms with van der Waals surface area (Å²) in [6.45, 7) is -3.69. The number of imidazole rings is 1. The minimum Gasteiger partial charge on any atom is -0.388 e. The number of aliphatic hydroxyl groups excluding tert-OH is 2. The molecule has 7 rings (SSSR count). The van der Waals surface area contributed by atoms with Gasteiger partial charge in [0.2, 0.25) is 5.95 Å². The van der Waals surface area contributed by atoms with Crippen molar-refractivity contribution >= 4 is 71.8 Å². The Morgan fingerprint density at radius 2 is 1.91 bits per heavy atom. The maximum Gasteiger partial charge on any atom is 0.472 e. The normalized spacial score (nSPS) is 38.8. The molecule has 20 nitrogen and oxygen atoms in total. The maximum atomic E-state index is 13.4. The Labute approximate surface area is 266 Å². The standard InChI is InChI=1S/C22H27N9O11P2S2/c1-22-2-7(31-6-27-11-18(23)25-5-26-19(11)31)12(32)17(22)42-44(37,45)38-3-8-13(33)14(41-43(35,36)39-4-22)15(40-8)16-9-10(30-46-16)20(34)29-21(24)28-9/h5-8,12-15,17,32-33H,2-4H2,1H3,(H,35,36)(H,37,45)(H2,23,25,26)(H3,24,28,29,34)/t7-,8-,12+,13-,14-,15-,17+,22-,44?/m1/s1. The number of nitrogens with zero attached hydrogens (tertiary/aromatic N) is 6. The maximum absolute atomic E-state index is 13.4. The lowest BCUT2D eigenvalue weighted by Crippen LogP contribution is -2.39. The highest BCUT2D eigenvalue weighted by atomic mass is 32.5. The van der Waals surface area contributed by atoms with Crippen LogP contribution in [0.2, 0.25) is 0 Å². The number of nitrogen functional groups attached to an aromatic ring is 2. The van der Waals surface area contributed by atoms with Gasteiger partial charge >= 0.3 is 14.5 Å². The molecule has 24 heteroatoms. The number of aromatic amines is 1. The van der Waals surface area contributed by atoms with Crippen LogP contribution >= 0.6 is 26.1 Å². The molecule has 1 saturated carbocycles. The summed E-state index contributed by atoms with van der Waals surface area (Å²) >= 11 is 6.07. The number of phosphoric ester groups is 1. The van der Waals surface area contributed by atoms with E-state index in [1.54, 1.807) is 11.5 Å². The smallest absolute Gasteiger partial charge is 0.388 e. The van der Waals surface area contributed by atoms with Gasteiger partial charge < -0.3 is 49.8 Å². The molecule has 0 amide bonds. The van der Waals surface area contributed by atoms with E-state index in [1.807, 2.05) is 0 Å². The minimum atomic E-state index is -5.01. The van der Waals surface area contributed by atoms with Gasteiger partial charge in [0.1, 0.15) is 54.0 Å². The van der Waals surface area contributed by atoms with Crippen LogP contribution in [0.4, 0.5) is 11.8 Å². The van der Waals surface area contributed by atoms with E-state index >= 15 is 0 Å². The van der Waals surface area contributed by atoms with Crippen molar-refractivity contribution in [3.63, 3.8) is 0 Å². The van der Waals surface area contributed by atoms with Crippen molar-refractivity contribution in [2.45, 2.75) is 56.0 Å². The molecule has 4 aromatic heterocycles. The second-order valence-corrected chi connectivity index (χ2v) is 16.4. The topological polar surface area (TPSA) is 298 Å². The molecule has 3 aliphatic rings. The van der Waals surface area contributed by atoms with Crippen molar-refractivity contribution in [1.82, 2.24) is 33.9 Å². The van der Waals surface area contributed by atoms with Crippen LogP contribution in [0.5, 0.6) is 0 Å². The molecular weight excluding hydrogens is 692 g/mol. The van der Waals surface area contributed by atoms with Crippen LogP contribution in [-0.2, 0) is 39.2 Å². The molecule has 9 N–H and O–H groups in total. The number of nitrogens with one attached hydrogen (secondary N) is 1. The number of aliphatic hydroxyl groups is 2. The molecule has 0 aromatic carbocycles. The number of anilines is 2. The van der Waals surface area contributed by atoms with Crippen LogP contribution in [0.3, 0.4) is 0 Å². The third kappa shape index (κ3) is 5.46. The van der Waals surface area contributed by atoms with Crippen LogP contribution < -0.4 is 17.0 Å². The van der Waals surface area contributed by atoms with Crippen LogP contribution in [0, 0.1) is 5.41 Å². The quantitative estimate of drug-likeness (QED) is 0.130. The van der Waals surface area contributed by atoms with Gasteiger partial charge in [-0.25, -0.2) is 24.5 Å². The van der Waals surface area contributed by atoms with Gasteiger partial charge in [0, 0.05) is 5.41 Å². The molecule has 10 atom stereocenters. The fourth-order valence-electron chi connectivity index (χ4n) is 6.06. The molecule has 2 bridgehead atoms. The minimum absolute atomic E-state index is 0.0319. The average molecular weight is 720 g/mol. The molecule has 2 unspecified atom stereocenters. The molecule has 0 radical (unpaired) electrons. The number of nitrogens with two attached hydrogens (primary N) is 2. The second kappa shape index (κ2) is 11.3. The molecule has 0 spiro atoms. The molecule has 2 saturated heterocycles. The molecule has 46 heavy (non-hydrogen) atoms. The van der Waals surface area contributed by atoms with Crippen molar-refractivity contribution < 1.29 is 47.4 Å². The predicted molar refractivity (Wildman–Crippen MR) is 162 cm³/mol. The molecular formula is C22H27N9O11P2S2. The van der Waals surface area contributed by atoms with E-state index in [2.05, 4.69) is 29.3 Å². The Morgan fingerprint density at radius 1 is 1.13 bits per heavy atom. The van der Waals surface area contributed by atoms with Gasteiger partial charge in [0.05, 0.1) is 30.5 Å². The number of aromatic nitrogens is 7. The highest BCUT2D eigenvalue weighted by molar-refractivity contribution is 8.07. The molecule has 6 heterocycles. The van der Waals surface area contributed by atoms with Crippen molar-refractivity contribution in [3.8, 4) is 0 Å². The van der Waals surface area contributed by atoms with Gasteiger partial charge in [-0.05, 0) is 29.8 Å². The van der Waals surface area contributed by atoms with E-state index in [-0.39, 0.29) is 34.1 Å². The zero-order chi connectivity index (χ0) is 32.8. The summed E-state index contributed by atoms with van der Waals surface area (Å²) in [4.78, 5) is 53.4. The van der Waals surface area contributed by atoms with Gasteiger partial charge in [-0.15, -0.1) is 0 Å². The van der Waals surface area contributed by atoms with Crippen LogP contribution in [0.25, 0.3) is 22.2 Å². The van der Waals surface area contributed by atoms with E-state index in [0.29, 0.717) is 11.2 Å². The third-order valence-corrected chi connectivity index (χ3v) is 11.7. The van der Waals surface area contributed by atoms with Gasteiger partial charge in [0.25, 0.3) is 5.56 Å². The summed E-state index contributed by atoms with van der Waals surface area (Å²) in [5.74, 6) is -0.0948. The molecule has 3 fully saturated rings. The number of hydrogen-bond donors (Lipinski definition) is 7. The second-order valence-electron chi connectivity index (χ2n) is 11.4. The first-order valence-corrected chi connectivity index (χ1v) is 18.4. The van der Waals surface area contributed by atoms with Gasteiger partial charge in [-0.3, -0.25) is 18.8 Å². The van der Waals surface area contributed by atoms with Crippen molar-refractivity contribution in [2.75, 3.05) is 24.7 Å². The number of H-pyrrole nitrogens is 1. The lowest BCUT2D eigenvalue weighted by molar-refractivity contribution is -0.0498. The zero-order valence-corrected chi connectivity index (χ0v) is 26.9. The fourth-order valence-corrected chi connectivity index (χ4v) is 9.53. The van der Waals surface area contributed by atoms with E-state index in [0.717, 1.165) is 11.5 Å². The number of phosphoric acid groups is 1. The summed E-state index contributed by atoms with van der Waals surface area (Å²) < 4.78 is 47.4. The van der Waals surface area contributed by atoms with Crippen molar-refractivity contribution in [3.05, 3.63) is 27.9 Å². The SMILES string of the molecule is C[C@@]12COP(=O)(O)O[C@@H]3[C@H](O)[C@@H](COP(O)(=S)O[C@H]1[C@@H](O)[C@H](n1cnc4c(N)ncnc41)C2)O[C@H]3c1snc2c(=O)[nH]c(N)nc12. The monoisotopic (exact) mass is 719 g/mol. The number of rotatable bonds is 2. The van der Waals surface area contributed by atoms with Crippen LogP contribution in [-0.4, -0.2) is 97.6 Å². The van der Waals surface area contributed by atoms with Gasteiger partial charge in [-0.1, -0.05) is 6.92 Å². The van der Waals surface area contributed by atoms with E-state index in [9.17, 15) is 29.4 Å². The first-order chi connectivity index (χ1) is 21.7. The first-order valence-electron chi connectivity index (χ1n) is 13.6. The Morgan fingerprint density at radius 3 is 2.70 bits per heavy atom. The summed E-state index contributed by atoms with van der Waals surface area (Å²) in [5, 5.41) is 22.7. The van der Waals surface area contributed by atoms with Crippen LogP contribution in [0.15, 0.2) is 17.4 Å². The van der Waals surface area contributed by atoms with Crippen molar-refractivity contribution in [2.24, 2.45) is 5.41 Å². The summed E-state index contributed by atoms with van der Waals surface area (Å²) in [6.07, 6.45) is -5.76.